The summed E-state index contributed by atoms with van der Waals surface area (Å²) in [5, 5.41) is 6.42. The highest BCUT2D eigenvalue weighted by atomic mass is 16.6. The highest BCUT2D eigenvalue weighted by molar-refractivity contribution is 5.93. The molecule has 2 aromatic carbocycles. The van der Waals surface area contributed by atoms with Crippen molar-refractivity contribution in [3.05, 3.63) is 53.6 Å². The molecule has 0 aliphatic carbocycles. The van der Waals surface area contributed by atoms with Gasteiger partial charge in [-0.05, 0) is 49.4 Å². The molecule has 2 rings (SSSR count). The van der Waals surface area contributed by atoms with Crippen LogP contribution in [0.2, 0.25) is 0 Å². The minimum atomic E-state index is -0.443. The number of anilines is 1. The van der Waals surface area contributed by atoms with Crippen molar-refractivity contribution in [3.63, 3.8) is 0 Å². The molecule has 0 fully saturated rings. The summed E-state index contributed by atoms with van der Waals surface area (Å²) in [5.74, 6) is 0.397. The van der Waals surface area contributed by atoms with Gasteiger partial charge < -0.3 is 24.4 Å². The first kappa shape index (κ1) is 20.8. The van der Waals surface area contributed by atoms with Crippen LogP contribution < -0.4 is 14.8 Å². The number of hydrogen-bond acceptors (Lipinski definition) is 7. The van der Waals surface area contributed by atoms with Crippen LogP contribution in [0.4, 0.5) is 5.69 Å². The molecule has 0 heterocycles. The maximum absolute atomic E-state index is 11.9. The fourth-order valence-electron chi connectivity index (χ4n) is 2.24. The largest absolute Gasteiger partial charge is 0.493 e. The summed E-state index contributed by atoms with van der Waals surface area (Å²) in [7, 11) is 2.86. The number of hydrogen-bond donors (Lipinski definition) is 1. The second-order valence-electron chi connectivity index (χ2n) is 5.47. The van der Waals surface area contributed by atoms with Crippen LogP contribution in [0, 0.1) is 0 Å². The van der Waals surface area contributed by atoms with Gasteiger partial charge in [0.1, 0.15) is 0 Å². The average Bonchev–Trinajstić information content (AvgIpc) is 2.72. The zero-order valence-corrected chi connectivity index (χ0v) is 15.9. The van der Waals surface area contributed by atoms with Gasteiger partial charge >= 0.3 is 5.97 Å². The fraction of sp³-hybridized carbons (Fsp3) is 0.250. The van der Waals surface area contributed by atoms with Gasteiger partial charge in [-0.3, -0.25) is 4.79 Å². The van der Waals surface area contributed by atoms with Gasteiger partial charge in [0, 0.05) is 11.3 Å². The Balaban J connectivity index is 1.84. The van der Waals surface area contributed by atoms with Crippen molar-refractivity contribution >= 4 is 23.8 Å². The number of carbonyl (C=O) groups excluding carboxylic acids is 2. The van der Waals surface area contributed by atoms with Crippen molar-refractivity contribution in [2.24, 2.45) is 5.16 Å². The van der Waals surface area contributed by atoms with E-state index in [4.69, 9.17) is 14.3 Å². The van der Waals surface area contributed by atoms with E-state index < -0.39 is 5.97 Å². The molecule has 0 bridgehead atoms. The maximum Gasteiger partial charge on any atom is 0.337 e. The summed E-state index contributed by atoms with van der Waals surface area (Å²) in [6, 6.07) is 11.6. The molecule has 0 aliphatic rings. The lowest BCUT2D eigenvalue weighted by Gasteiger charge is -2.09. The standard InChI is InChI=1S/C20H22N2O6/c1-4-27-17-10-5-14(11-18(17)25-2)12-21-28-13-19(23)22-16-8-6-15(7-9-16)20(24)26-3/h5-12H,4,13H2,1-3H3,(H,22,23)/b21-12+. The molecule has 8 heteroatoms. The van der Waals surface area contributed by atoms with E-state index in [0.29, 0.717) is 29.4 Å². The number of methoxy groups -OCH3 is 2. The minimum absolute atomic E-state index is 0.260. The maximum atomic E-state index is 11.9. The van der Waals surface area contributed by atoms with Crippen LogP contribution in [0.1, 0.15) is 22.8 Å². The van der Waals surface area contributed by atoms with Crippen molar-refractivity contribution in [1.29, 1.82) is 0 Å². The van der Waals surface area contributed by atoms with Crippen molar-refractivity contribution in [2.75, 3.05) is 32.8 Å². The van der Waals surface area contributed by atoms with Crippen LogP contribution in [0.3, 0.4) is 0 Å². The van der Waals surface area contributed by atoms with Crippen LogP contribution in [0.15, 0.2) is 47.6 Å². The van der Waals surface area contributed by atoms with Gasteiger partial charge in [0.05, 0.1) is 32.6 Å². The van der Waals surface area contributed by atoms with E-state index in [9.17, 15) is 9.59 Å². The lowest BCUT2D eigenvalue weighted by atomic mass is 10.2. The van der Waals surface area contributed by atoms with E-state index in [1.54, 1.807) is 49.6 Å². The Bertz CT molecular complexity index is 833. The van der Waals surface area contributed by atoms with Crippen LogP contribution in [-0.2, 0) is 14.4 Å². The van der Waals surface area contributed by atoms with Crippen LogP contribution >= 0.6 is 0 Å². The zero-order chi connectivity index (χ0) is 20.4. The third-order valence-electron chi connectivity index (χ3n) is 3.55. The summed E-state index contributed by atoms with van der Waals surface area (Å²) in [5.41, 5.74) is 1.66. The smallest absolute Gasteiger partial charge is 0.337 e. The molecule has 28 heavy (non-hydrogen) atoms. The minimum Gasteiger partial charge on any atom is -0.493 e. The van der Waals surface area contributed by atoms with E-state index in [0.717, 1.165) is 5.56 Å². The Labute approximate surface area is 163 Å². The normalized spacial score (nSPS) is 10.4. The quantitative estimate of drug-likeness (QED) is 0.404. The van der Waals surface area contributed by atoms with Crippen molar-refractivity contribution in [3.8, 4) is 11.5 Å². The molecule has 8 nitrogen and oxygen atoms in total. The first-order chi connectivity index (χ1) is 13.6. The molecule has 0 radical (unpaired) electrons. The van der Waals surface area contributed by atoms with Crippen molar-refractivity contribution in [2.45, 2.75) is 6.92 Å². The third kappa shape index (κ3) is 6.01. The molecule has 0 spiro atoms. The Morgan fingerprint density at radius 2 is 1.82 bits per heavy atom. The predicted octanol–water partition coefficient (Wildman–Crippen LogP) is 2.87. The van der Waals surface area contributed by atoms with E-state index in [2.05, 4.69) is 15.2 Å². The van der Waals surface area contributed by atoms with Gasteiger partial charge in [-0.2, -0.15) is 0 Å². The third-order valence-corrected chi connectivity index (χ3v) is 3.55. The first-order valence-corrected chi connectivity index (χ1v) is 8.51. The Morgan fingerprint density at radius 3 is 2.46 bits per heavy atom. The molecule has 2 aromatic rings. The van der Waals surface area contributed by atoms with Gasteiger partial charge in [-0.25, -0.2) is 4.79 Å². The number of benzene rings is 2. The van der Waals surface area contributed by atoms with Gasteiger partial charge in [-0.15, -0.1) is 0 Å². The highest BCUT2D eigenvalue weighted by Crippen LogP contribution is 2.27. The molecular formula is C20H22N2O6. The Morgan fingerprint density at radius 1 is 1.07 bits per heavy atom. The van der Waals surface area contributed by atoms with Crippen molar-refractivity contribution < 1.29 is 28.6 Å². The van der Waals surface area contributed by atoms with Crippen LogP contribution in [0.25, 0.3) is 0 Å². The molecule has 0 saturated heterocycles. The SMILES string of the molecule is CCOc1ccc(/C=N/OCC(=O)Nc2ccc(C(=O)OC)cc2)cc1OC. The number of nitrogens with one attached hydrogen (secondary N) is 1. The lowest BCUT2D eigenvalue weighted by Crippen LogP contribution is -2.17. The van der Waals surface area contributed by atoms with E-state index in [1.165, 1.54) is 13.3 Å². The van der Waals surface area contributed by atoms with Crippen LogP contribution in [-0.4, -0.2) is 45.5 Å². The lowest BCUT2D eigenvalue weighted by molar-refractivity contribution is -0.120. The molecule has 148 valence electrons. The second kappa shape index (κ2) is 10.6. The monoisotopic (exact) mass is 386 g/mol. The highest BCUT2D eigenvalue weighted by Gasteiger charge is 2.07. The number of esters is 1. The molecule has 0 aromatic heterocycles. The van der Waals surface area contributed by atoms with Gasteiger partial charge in [-0.1, -0.05) is 5.16 Å². The van der Waals surface area contributed by atoms with Gasteiger partial charge in [0.15, 0.2) is 18.1 Å². The number of amides is 1. The van der Waals surface area contributed by atoms with Gasteiger partial charge in [0.2, 0.25) is 0 Å². The number of carbonyl (C=O) groups is 2. The molecule has 0 aliphatic heterocycles. The zero-order valence-electron chi connectivity index (χ0n) is 15.9. The molecule has 1 amide bonds. The summed E-state index contributed by atoms with van der Waals surface area (Å²) in [6.07, 6.45) is 1.47. The topological polar surface area (TPSA) is 95.5 Å². The summed E-state index contributed by atoms with van der Waals surface area (Å²) >= 11 is 0. The average molecular weight is 386 g/mol. The Kier molecular flexibility index (Phi) is 7.83. The molecular weight excluding hydrogens is 364 g/mol. The number of rotatable bonds is 9. The molecule has 0 atom stereocenters. The van der Waals surface area contributed by atoms with E-state index in [-0.39, 0.29) is 12.5 Å². The first-order valence-electron chi connectivity index (χ1n) is 8.51. The van der Waals surface area contributed by atoms with E-state index >= 15 is 0 Å². The number of ether oxygens (including phenoxy) is 3. The summed E-state index contributed by atoms with van der Waals surface area (Å²) in [6.45, 7) is 2.16. The Hall–Kier alpha value is -3.55. The second-order valence-corrected chi connectivity index (χ2v) is 5.47. The van der Waals surface area contributed by atoms with Crippen molar-refractivity contribution in [1.82, 2.24) is 0 Å². The van der Waals surface area contributed by atoms with E-state index in [1.807, 2.05) is 6.92 Å². The summed E-state index contributed by atoms with van der Waals surface area (Å²) in [4.78, 5) is 28.3. The molecule has 1 N–H and O–H groups in total. The predicted molar refractivity (Wildman–Crippen MR) is 104 cm³/mol. The summed E-state index contributed by atoms with van der Waals surface area (Å²) < 4.78 is 15.3. The molecule has 0 saturated carbocycles. The van der Waals surface area contributed by atoms with Crippen LogP contribution in [0.5, 0.6) is 11.5 Å². The number of oxime groups is 1. The number of nitrogens with zero attached hydrogens (tertiary/aromatic N) is 1. The molecule has 0 unspecified atom stereocenters. The van der Waals surface area contributed by atoms with Gasteiger partial charge in [0.25, 0.3) is 5.91 Å². The fourth-order valence-corrected chi connectivity index (χ4v) is 2.24.